The maximum absolute atomic E-state index is 13.7. The van der Waals surface area contributed by atoms with Crippen molar-refractivity contribution in [3.8, 4) is 0 Å². The predicted molar refractivity (Wildman–Crippen MR) is 208 cm³/mol. The summed E-state index contributed by atoms with van der Waals surface area (Å²) < 4.78 is 0. The number of carboxylic acid groups (broad SMARTS) is 1. The van der Waals surface area contributed by atoms with Gasteiger partial charge in [-0.1, -0.05) is 107 Å². The number of nitrogens with one attached hydrogen (secondary N) is 2. The van der Waals surface area contributed by atoms with Crippen molar-refractivity contribution in [1.82, 2.24) is 10.3 Å². The van der Waals surface area contributed by atoms with Crippen LogP contribution in [0.1, 0.15) is 156 Å². The highest BCUT2D eigenvalue weighted by atomic mass is 16.4. The number of carbonyl (C=O) groups is 1. The van der Waals surface area contributed by atoms with Crippen LogP contribution in [0.3, 0.4) is 0 Å². The van der Waals surface area contributed by atoms with Gasteiger partial charge < -0.3 is 15.4 Å². The molecule has 5 heterocycles. The molecule has 10 heteroatoms. The van der Waals surface area contributed by atoms with Gasteiger partial charge in [-0.2, -0.15) is 0 Å². The molecule has 0 aromatic carbocycles. The summed E-state index contributed by atoms with van der Waals surface area (Å²) in [5, 5.41) is 14.8. The first-order valence-corrected chi connectivity index (χ1v) is 20.0. The molecule has 4 aliphatic rings. The molecule has 1 aromatic rings. The Labute approximate surface area is 304 Å². The number of rotatable bonds is 17. The standard InChI is InChI=1S/C41H60N8O2/c1-9-17-25-26(18-10-2)33-42-32(25)43-34-27(19-11-3)28(20-12-4)36(45-34)47-38-31(23-15-7)41(24-16-8,40(50)51)39(49-38)48-37-30(22-14-6)29(21-13-5)35(44-33)46-37/h39,49H,9-24H2,1-8H3,(H,50,51)(H,42,43,44,45,46,47,48). The molecule has 4 aliphatic heterocycles. The second-order valence-corrected chi connectivity index (χ2v) is 14.3. The van der Waals surface area contributed by atoms with Gasteiger partial charge in [0.05, 0.1) is 0 Å². The first kappa shape index (κ1) is 38.3. The Hall–Kier alpha value is -3.95. The third-order valence-electron chi connectivity index (χ3n) is 10.4. The number of aliphatic imine (C=N–C) groups is 4. The molecular weight excluding hydrogens is 637 g/mol. The molecule has 0 aliphatic carbocycles. The van der Waals surface area contributed by atoms with E-state index in [1.54, 1.807) is 0 Å². The van der Waals surface area contributed by atoms with Crippen LogP contribution in [0.25, 0.3) is 0 Å². The first-order chi connectivity index (χ1) is 24.8. The van der Waals surface area contributed by atoms with Crippen molar-refractivity contribution in [3.63, 3.8) is 0 Å². The molecule has 10 nitrogen and oxygen atoms in total. The Morgan fingerprint density at radius 1 is 0.569 bits per heavy atom. The molecule has 5 rings (SSSR count). The van der Waals surface area contributed by atoms with Crippen LogP contribution in [0.15, 0.2) is 63.6 Å². The lowest BCUT2D eigenvalue weighted by Crippen LogP contribution is -2.45. The van der Waals surface area contributed by atoms with Crippen LogP contribution in [0, 0.1) is 5.41 Å². The van der Waals surface area contributed by atoms with Crippen LogP contribution < -0.4 is 16.3 Å². The van der Waals surface area contributed by atoms with Crippen molar-refractivity contribution in [2.45, 2.75) is 164 Å². The minimum Gasteiger partial charge on any atom is -0.480 e. The molecule has 0 amide bonds. The predicted octanol–water partition coefficient (Wildman–Crippen LogP) is 8.40. The molecule has 51 heavy (non-hydrogen) atoms. The summed E-state index contributed by atoms with van der Waals surface area (Å²) in [6.07, 6.45) is 12.4. The zero-order valence-corrected chi connectivity index (χ0v) is 32.4. The minimum atomic E-state index is -1.27. The largest absolute Gasteiger partial charge is 0.480 e. The average molecular weight is 697 g/mol. The fourth-order valence-electron chi connectivity index (χ4n) is 8.25. The van der Waals surface area contributed by atoms with Gasteiger partial charge in [0, 0.05) is 33.4 Å². The van der Waals surface area contributed by atoms with Crippen molar-refractivity contribution in [1.29, 1.82) is 0 Å². The zero-order chi connectivity index (χ0) is 36.7. The van der Waals surface area contributed by atoms with Gasteiger partial charge in [0.2, 0.25) is 0 Å². The van der Waals surface area contributed by atoms with E-state index < -0.39 is 17.6 Å². The summed E-state index contributed by atoms with van der Waals surface area (Å²) in [7, 11) is 0. The van der Waals surface area contributed by atoms with Crippen molar-refractivity contribution >= 4 is 29.3 Å². The number of H-pyrrole nitrogens is 1. The van der Waals surface area contributed by atoms with Crippen molar-refractivity contribution < 1.29 is 9.90 Å². The fourth-order valence-corrected chi connectivity index (χ4v) is 8.25. The third kappa shape index (κ3) is 7.25. The summed E-state index contributed by atoms with van der Waals surface area (Å²) in [5.74, 6) is 2.30. The number of aromatic nitrogens is 1. The van der Waals surface area contributed by atoms with E-state index in [1.165, 1.54) is 11.1 Å². The second kappa shape index (κ2) is 17.0. The fraction of sp³-hybridized carbons (Fsp3) is 0.634. The highest BCUT2D eigenvalue weighted by Crippen LogP contribution is 2.47. The summed E-state index contributed by atoms with van der Waals surface area (Å²) >= 11 is 0. The van der Waals surface area contributed by atoms with E-state index in [-0.39, 0.29) is 0 Å². The molecule has 2 atom stereocenters. The van der Waals surface area contributed by atoms with Gasteiger partial charge in [-0.15, -0.1) is 0 Å². The summed E-state index contributed by atoms with van der Waals surface area (Å²) in [6, 6.07) is 0. The summed E-state index contributed by atoms with van der Waals surface area (Å²) in [6.45, 7) is 17.3. The van der Waals surface area contributed by atoms with Crippen LogP contribution in [-0.4, -0.2) is 45.6 Å². The number of aromatic amines is 1. The highest BCUT2D eigenvalue weighted by Gasteiger charge is 2.54. The van der Waals surface area contributed by atoms with E-state index in [4.69, 9.17) is 30.0 Å². The smallest absolute Gasteiger partial charge is 0.318 e. The summed E-state index contributed by atoms with van der Waals surface area (Å²) in [5.41, 5.74) is 7.93. The average Bonchev–Trinajstić information content (AvgIpc) is 3.78. The molecule has 0 saturated carbocycles. The molecule has 1 aromatic heterocycles. The third-order valence-corrected chi connectivity index (χ3v) is 10.4. The van der Waals surface area contributed by atoms with Crippen LogP contribution >= 0.6 is 0 Å². The molecule has 3 N–H and O–H groups in total. The topological polar surface area (TPSA) is 139 Å². The molecule has 0 radical (unpaired) electrons. The van der Waals surface area contributed by atoms with Gasteiger partial charge in [-0.3, -0.25) is 4.79 Å². The lowest BCUT2D eigenvalue weighted by Gasteiger charge is -2.31. The Morgan fingerprint density at radius 3 is 1.43 bits per heavy atom. The van der Waals surface area contributed by atoms with Gasteiger partial charge in [0.25, 0.3) is 0 Å². The zero-order valence-electron chi connectivity index (χ0n) is 32.4. The summed E-state index contributed by atoms with van der Waals surface area (Å²) in [4.78, 5) is 48.9. The molecule has 2 unspecified atom stereocenters. The van der Waals surface area contributed by atoms with Gasteiger partial charge in [0.1, 0.15) is 28.4 Å². The van der Waals surface area contributed by atoms with Crippen LogP contribution in [-0.2, 0) is 17.6 Å². The minimum absolute atomic E-state index is 0.435. The van der Waals surface area contributed by atoms with E-state index in [0.29, 0.717) is 48.4 Å². The highest BCUT2D eigenvalue weighted by molar-refractivity contribution is 6.22. The van der Waals surface area contributed by atoms with Gasteiger partial charge in [-0.05, 0) is 56.9 Å². The van der Waals surface area contributed by atoms with E-state index in [9.17, 15) is 9.90 Å². The van der Waals surface area contributed by atoms with E-state index >= 15 is 0 Å². The molecule has 8 bridgehead atoms. The lowest BCUT2D eigenvalue weighted by molar-refractivity contribution is -0.148. The maximum Gasteiger partial charge on any atom is 0.318 e. The van der Waals surface area contributed by atoms with E-state index in [2.05, 4.69) is 58.8 Å². The molecule has 0 fully saturated rings. The monoisotopic (exact) mass is 696 g/mol. The Bertz CT molecular complexity index is 1850. The van der Waals surface area contributed by atoms with E-state index in [0.717, 1.165) is 122 Å². The number of fused-ring (bicyclic) bond motifs is 6. The van der Waals surface area contributed by atoms with Gasteiger partial charge in [-0.25, -0.2) is 30.0 Å². The number of amidine groups is 4. The number of hydrogen-bond donors (Lipinski definition) is 3. The number of nitrogens with zero attached hydrogens (tertiary/aromatic N) is 6. The number of carboxylic acids is 1. The molecule has 276 valence electrons. The van der Waals surface area contributed by atoms with Crippen molar-refractivity contribution in [3.05, 3.63) is 55.8 Å². The normalized spacial score (nSPS) is 23.4. The van der Waals surface area contributed by atoms with Crippen LogP contribution in [0.4, 0.5) is 0 Å². The van der Waals surface area contributed by atoms with Gasteiger partial charge >= 0.3 is 5.97 Å². The Balaban J connectivity index is 1.96. The van der Waals surface area contributed by atoms with E-state index in [1.807, 2.05) is 6.92 Å². The quantitative estimate of drug-likeness (QED) is 0.151. The lowest BCUT2D eigenvalue weighted by atomic mass is 9.74. The molecule has 0 spiro atoms. The van der Waals surface area contributed by atoms with Gasteiger partial charge in [0.15, 0.2) is 23.3 Å². The SMILES string of the molecule is CCCC1=C(CCC)/C2=N/C3=C(CCC)C(CCC)(C(=O)O)C(/N=C4\N=C(N=c5[nH]c(c(CCC)c5CCC)=NC1=N2)C(CCC)=C4CCC)N3. The first-order valence-electron chi connectivity index (χ1n) is 20.0. The van der Waals surface area contributed by atoms with Crippen molar-refractivity contribution in [2.75, 3.05) is 0 Å². The number of aliphatic carboxylic acids is 1. The van der Waals surface area contributed by atoms with Crippen LogP contribution in [0.2, 0.25) is 0 Å². The maximum atomic E-state index is 13.7. The molecule has 0 saturated heterocycles. The van der Waals surface area contributed by atoms with Crippen LogP contribution in [0.5, 0.6) is 0 Å². The van der Waals surface area contributed by atoms with Crippen molar-refractivity contribution in [2.24, 2.45) is 35.4 Å². The Kier molecular flexibility index (Phi) is 12.8. The Morgan fingerprint density at radius 2 is 1.00 bits per heavy atom. The number of hydrogen-bond acceptors (Lipinski definition) is 8. The molecular formula is C41H60N8O2. The second-order valence-electron chi connectivity index (χ2n) is 14.3.